The first-order chi connectivity index (χ1) is 15.4. The van der Waals surface area contributed by atoms with Crippen LogP contribution in [0.15, 0.2) is 48.7 Å². The summed E-state index contributed by atoms with van der Waals surface area (Å²) in [6.45, 7) is 16.6. The van der Waals surface area contributed by atoms with Gasteiger partial charge in [0.2, 0.25) is 5.52 Å². The average Bonchev–Trinajstić information content (AvgIpc) is 3.08. The van der Waals surface area contributed by atoms with Crippen LogP contribution in [0.2, 0.25) is 0 Å². The number of hydrogen-bond donors (Lipinski definition) is 0. The summed E-state index contributed by atoms with van der Waals surface area (Å²) in [5.41, 5.74) is 9.60. The molecule has 0 saturated heterocycles. The maximum absolute atomic E-state index is 7.59. The van der Waals surface area contributed by atoms with Crippen molar-refractivity contribution in [2.45, 2.75) is 34.1 Å². The summed E-state index contributed by atoms with van der Waals surface area (Å²) in [4.78, 5) is 3.74. The van der Waals surface area contributed by atoms with E-state index in [1.165, 1.54) is 60.2 Å². The summed E-state index contributed by atoms with van der Waals surface area (Å²) < 4.78 is 4.71. The number of nitrogens with zero attached hydrogens (tertiary/aromatic N) is 3. The van der Waals surface area contributed by atoms with Gasteiger partial charge in [-0.3, -0.25) is 0 Å². The standard InChI is InChI=1S/C29H26N3/c1-16(2)11-19-13-20-9-10-31(6)29-26-18(4)17(3)12-23-22-8-7-21(30-5)15-24(22)32(28(23)26)25(14-19)27(20)29/h7-10,12-16H,11H2,1-4,6H3/q+1. The fraction of sp³-hybridized carbons (Fsp3) is 0.241. The quantitative estimate of drug-likeness (QED) is 0.123. The van der Waals surface area contributed by atoms with E-state index in [4.69, 9.17) is 6.57 Å². The molecule has 0 saturated carbocycles. The summed E-state index contributed by atoms with van der Waals surface area (Å²) in [5.74, 6) is 0.592. The number of rotatable bonds is 2. The summed E-state index contributed by atoms with van der Waals surface area (Å²) >= 11 is 0. The lowest BCUT2D eigenvalue weighted by atomic mass is 9.94. The molecule has 0 fully saturated rings. The molecule has 0 aliphatic carbocycles. The van der Waals surface area contributed by atoms with Crippen molar-refractivity contribution in [1.82, 2.24) is 4.40 Å². The number of aryl methyl sites for hydroxylation is 3. The molecule has 0 bridgehead atoms. The van der Waals surface area contributed by atoms with Crippen molar-refractivity contribution in [2.24, 2.45) is 13.0 Å². The normalized spacial score (nSPS) is 12.3. The van der Waals surface area contributed by atoms with Crippen molar-refractivity contribution >= 4 is 54.7 Å². The zero-order valence-electron chi connectivity index (χ0n) is 19.2. The predicted molar refractivity (Wildman–Crippen MR) is 134 cm³/mol. The van der Waals surface area contributed by atoms with Crippen molar-refractivity contribution in [2.75, 3.05) is 0 Å². The van der Waals surface area contributed by atoms with Crippen LogP contribution in [0.1, 0.15) is 30.5 Å². The predicted octanol–water partition coefficient (Wildman–Crippen LogP) is 7.18. The SMILES string of the molecule is [C-]#[N+]c1ccc2c3cc(C)c(C)c4c3n(c2c1)c1cc(CC(C)C)cc2cc[n+](C)c4c21. The molecule has 0 spiro atoms. The Morgan fingerprint density at radius 2 is 1.78 bits per heavy atom. The Hall–Kier alpha value is -3.64. The molecule has 6 rings (SSSR count). The first kappa shape index (κ1) is 19.1. The minimum Gasteiger partial charge on any atom is -0.309 e. The number of pyridine rings is 2. The Balaban J connectivity index is 2.02. The van der Waals surface area contributed by atoms with Crippen molar-refractivity contribution in [3.63, 3.8) is 0 Å². The molecule has 0 atom stereocenters. The van der Waals surface area contributed by atoms with Gasteiger partial charge in [0.15, 0.2) is 11.9 Å². The molecule has 0 N–H and O–H groups in total. The minimum absolute atomic E-state index is 0.592. The Labute approximate surface area is 187 Å². The third-order valence-corrected chi connectivity index (χ3v) is 7.08. The highest BCUT2D eigenvalue weighted by atomic mass is 15.0. The van der Waals surface area contributed by atoms with Gasteiger partial charge in [0.25, 0.3) is 0 Å². The second-order valence-corrected chi connectivity index (χ2v) is 9.69. The summed E-state index contributed by atoms with van der Waals surface area (Å²) in [6, 6.07) is 15.5. The van der Waals surface area contributed by atoms with E-state index in [0.29, 0.717) is 11.6 Å². The average molecular weight is 417 g/mol. The van der Waals surface area contributed by atoms with Gasteiger partial charge in [0.1, 0.15) is 7.05 Å². The highest BCUT2D eigenvalue weighted by molar-refractivity contribution is 6.26. The molecule has 0 aliphatic heterocycles. The second kappa shape index (κ2) is 6.43. The number of hydrogen-bond acceptors (Lipinski definition) is 0. The molecule has 0 radical (unpaired) electrons. The molecule has 0 amide bonds. The van der Waals surface area contributed by atoms with E-state index in [-0.39, 0.29) is 0 Å². The summed E-state index contributed by atoms with van der Waals surface area (Å²) in [6.07, 6.45) is 3.25. The first-order valence-electron chi connectivity index (χ1n) is 11.3. The van der Waals surface area contributed by atoms with Gasteiger partial charge in [-0.05, 0) is 66.5 Å². The van der Waals surface area contributed by atoms with E-state index in [9.17, 15) is 0 Å². The van der Waals surface area contributed by atoms with E-state index in [2.05, 4.69) is 91.2 Å². The Kier molecular flexibility index (Phi) is 3.84. The van der Waals surface area contributed by atoms with E-state index in [1.807, 2.05) is 6.07 Å². The molecule has 3 aromatic heterocycles. The zero-order chi connectivity index (χ0) is 22.3. The molecule has 3 heterocycles. The lowest BCUT2D eigenvalue weighted by Crippen LogP contribution is -2.29. The molecule has 3 aromatic carbocycles. The minimum atomic E-state index is 0.592. The van der Waals surface area contributed by atoms with Crippen LogP contribution in [0.25, 0.3) is 53.8 Å². The third kappa shape index (κ3) is 2.38. The summed E-state index contributed by atoms with van der Waals surface area (Å²) in [5, 5.41) is 6.39. The van der Waals surface area contributed by atoms with Crippen LogP contribution in [-0.2, 0) is 13.5 Å². The van der Waals surface area contributed by atoms with Crippen LogP contribution in [0.4, 0.5) is 5.69 Å². The molecule has 6 aromatic rings. The molecule has 3 nitrogen and oxygen atoms in total. The van der Waals surface area contributed by atoms with E-state index < -0.39 is 0 Å². The fourth-order valence-corrected chi connectivity index (χ4v) is 5.61. The van der Waals surface area contributed by atoms with Crippen LogP contribution < -0.4 is 4.57 Å². The van der Waals surface area contributed by atoms with Crippen LogP contribution in [-0.4, -0.2) is 4.40 Å². The van der Waals surface area contributed by atoms with Gasteiger partial charge in [-0.15, -0.1) is 0 Å². The topological polar surface area (TPSA) is 12.6 Å². The van der Waals surface area contributed by atoms with Gasteiger partial charge >= 0.3 is 0 Å². The van der Waals surface area contributed by atoms with Crippen LogP contribution >= 0.6 is 0 Å². The lowest BCUT2D eigenvalue weighted by molar-refractivity contribution is -0.643. The number of fused-ring (bicyclic) bond motifs is 5. The van der Waals surface area contributed by atoms with Crippen LogP contribution in [0.3, 0.4) is 0 Å². The monoisotopic (exact) mass is 416 g/mol. The lowest BCUT2D eigenvalue weighted by Gasteiger charge is -2.16. The van der Waals surface area contributed by atoms with Crippen LogP contribution in [0, 0.1) is 26.3 Å². The third-order valence-electron chi connectivity index (χ3n) is 7.08. The largest absolute Gasteiger partial charge is 0.309 e. The van der Waals surface area contributed by atoms with Gasteiger partial charge in [-0.25, -0.2) is 9.41 Å². The number of benzene rings is 3. The van der Waals surface area contributed by atoms with Crippen molar-refractivity contribution in [3.05, 3.63) is 76.8 Å². The molecule has 32 heavy (non-hydrogen) atoms. The van der Waals surface area contributed by atoms with Crippen LogP contribution in [0.5, 0.6) is 0 Å². The Bertz CT molecular complexity index is 1760. The van der Waals surface area contributed by atoms with Gasteiger partial charge in [0, 0.05) is 22.4 Å². The van der Waals surface area contributed by atoms with Gasteiger partial charge in [0.05, 0.1) is 28.4 Å². The van der Waals surface area contributed by atoms with Gasteiger partial charge < -0.3 is 4.40 Å². The van der Waals surface area contributed by atoms with Gasteiger partial charge in [-0.2, -0.15) is 0 Å². The van der Waals surface area contributed by atoms with Gasteiger partial charge in [-0.1, -0.05) is 32.0 Å². The highest BCUT2D eigenvalue weighted by Crippen LogP contribution is 2.42. The number of aromatic nitrogens is 2. The molecular weight excluding hydrogens is 390 g/mol. The Morgan fingerprint density at radius 3 is 2.53 bits per heavy atom. The highest BCUT2D eigenvalue weighted by Gasteiger charge is 2.25. The molecule has 3 heteroatoms. The van der Waals surface area contributed by atoms with E-state index in [0.717, 1.165) is 11.9 Å². The first-order valence-corrected chi connectivity index (χ1v) is 11.3. The van der Waals surface area contributed by atoms with Crippen molar-refractivity contribution in [3.8, 4) is 0 Å². The molecular formula is C29H26N3+. The second-order valence-electron chi connectivity index (χ2n) is 9.69. The van der Waals surface area contributed by atoms with E-state index in [1.54, 1.807) is 0 Å². The molecule has 156 valence electrons. The van der Waals surface area contributed by atoms with E-state index >= 15 is 0 Å². The smallest absolute Gasteiger partial charge is 0.224 e. The maximum Gasteiger partial charge on any atom is 0.224 e. The molecule has 0 aliphatic rings. The fourth-order valence-electron chi connectivity index (χ4n) is 5.61. The Morgan fingerprint density at radius 1 is 0.969 bits per heavy atom. The molecule has 0 unspecified atom stereocenters. The zero-order valence-corrected chi connectivity index (χ0v) is 19.2. The van der Waals surface area contributed by atoms with Crippen molar-refractivity contribution < 1.29 is 4.57 Å². The maximum atomic E-state index is 7.59. The summed E-state index contributed by atoms with van der Waals surface area (Å²) in [7, 11) is 2.16. The van der Waals surface area contributed by atoms with Crippen molar-refractivity contribution in [1.29, 1.82) is 0 Å².